The molecule has 0 radical (unpaired) electrons. The molecule has 0 aliphatic heterocycles. The Morgan fingerprint density at radius 1 is 1.63 bits per heavy atom. The number of rotatable bonds is 6. The molecular weight excluding hydrogens is 262 g/mol. The number of thioether (sulfide) groups is 1. The van der Waals surface area contributed by atoms with E-state index in [1.165, 1.54) is 0 Å². The van der Waals surface area contributed by atoms with Crippen molar-refractivity contribution < 1.29 is 9.21 Å². The third kappa shape index (κ3) is 3.51. The molecule has 1 N–H and O–H groups in total. The number of hydrogen-bond acceptors (Lipinski definition) is 4. The first-order chi connectivity index (χ1) is 9.20. The maximum absolute atomic E-state index is 11.6. The van der Waals surface area contributed by atoms with Crippen molar-refractivity contribution in [3.05, 3.63) is 48.7 Å². The van der Waals surface area contributed by atoms with Crippen LogP contribution in [-0.2, 0) is 12.8 Å². The van der Waals surface area contributed by atoms with Gasteiger partial charge >= 0.3 is 0 Å². The molecule has 0 aromatic carbocycles. The highest BCUT2D eigenvalue weighted by atomic mass is 32.2. The smallest absolute Gasteiger partial charge is 0.287 e. The minimum Gasteiger partial charge on any atom is -0.455 e. The number of imidazole rings is 1. The summed E-state index contributed by atoms with van der Waals surface area (Å²) in [6.07, 6.45) is 5.26. The maximum Gasteiger partial charge on any atom is 0.287 e. The first-order valence-corrected chi connectivity index (χ1v) is 6.77. The first-order valence-electron chi connectivity index (χ1n) is 5.78. The lowest BCUT2D eigenvalue weighted by Gasteiger charge is -2.00. The highest BCUT2D eigenvalue weighted by molar-refractivity contribution is 7.98. The van der Waals surface area contributed by atoms with Crippen molar-refractivity contribution in [2.24, 2.45) is 7.05 Å². The third-order valence-electron chi connectivity index (χ3n) is 2.41. The number of carbonyl (C=O) groups is 1. The molecular formula is C13H15N3O2S. The van der Waals surface area contributed by atoms with Gasteiger partial charge in [0.1, 0.15) is 5.76 Å². The Morgan fingerprint density at radius 2 is 2.47 bits per heavy atom. The average molecular weight is 277 g/mol. The zero-order chi connectivity index (χ0) is 13.7. The van der Waals surface area contributed by atoms with Crippen molar-refractivity contribution in [2.45, 2.75) is 10.9 Å². The molecule has 0 atom stereocenters. The fourth-order valence-electron chi connectivity index (χ4n) is 1.46. The SMILES string of the molecule is C=CCNC(=O)c1ccc(CSc2nccn2C)o1. The van der Waals surface area contributed by atoms with Crippen LogP contribution in [0.1, 0.15) is 16.3 Å². The van der Waals surface area contributed by atoms with Crippen LogP contribution < -0.4 is 5.32 Å². The number of aryl methyl sites for hydroxylation is 1. The molecule has 0 saturated carbocycles. The van der Waals surface area contributed by atoms with Crippen LogP contribution in [0.4, 0.5) is 0 Å². The van der Waals surface area contributed by atoms with Crippen LogP contribution in [0.3, 0.4) is 0 Å². The minimum absolute atomic E-state index is 0.229. The van der Waals surface area contributed by atoms with Gasteiger partial charge in [0.15, 0.2) is 10.9 Å². The van der Waals surface area contributed by atoms with Crippen LogP contribution in [0.25, 0.3) is 0 Å². The zero-order valence-electron chi connectivity index (χ0n) is 10.6. The van der Waals surface area contributed by atoms with E-state index in [2.05, 4.69) is 16.9 Å². The van der Waals surface area contributed by atoms with E-state index in [-0.39, 0.29) is 5.91 Å². The van der Waals surface area contributed by atoms with E-state index in [4.69, 9.17) is 4.42 Å². The molecule has 19 heavy (non-hydrogen) atoms. The standard InChI is InChI=1S/C13H15N3O2S/c1-3-6-14-12(17)11-5-4-10(18-11)9-19-13-15-7-8-16(13)2/h3-5,7-8H,1,6,9H2,2H3,(H,14,17). The molecule has 5 nitrogen and oxygen atoms in total. The molecule has 0 bridgehead atoms. The fraction of sp³-hybridized carbons (Fsp3) is 0.231. The summed E-state index contributed by atoms with van der Waals surface area (Å²) >= 11 is 1.56. The second-order valence-corrected chi connectivity index (χ2v) is 4.82. The van der Waals surface area contributed by atoms with E-state index < -0.39 is 0 Å². The zero-order valence-corrected chi connectivity index (χ0v) is 11.4. The van der Waals surface area contributed by atoms with Crippen molar-refractivity contribution in [1.82, 2.24) is 14.9 Å². The van der Waals surface area contributed by atoms with Crippen LogP contribution in [0.5, 0.6) is 0 Å². The van der Waals surface area contributed by atoms with Crippen molar-refractivity contribution in [1.29, 1.82) is 0 Å². The van der Waals surface area contributed by atoms with Crippen LogP contribution in [-0.4, -0.2) is 22.0 Å². The Bertz CT molecular complexity index is 574. The largest absolute Gasteiger partial charge is 0.455 e. The summed E-state index contributed by atoms with van der Waals surface area (Å²) in [4.78, 5) is 15.8. The van der Waals surface area contributed by atoms with E-state index in [0.29, 0.717) is 18.1 Å². The van der Waals surface area contributed by atoms with Crippen LogP contribution in [0.15, 0.2) is 46.8 Å². The highest BCUT2D eigenvalue weighted by Gasteiger charge is 2.11. The Balaban J connectivity index is 1.92. The van der Waals surface area contributed by atoms with Gasteiger partial charge in [-0.15, -0.1) is 6.58 Å². The number of nitrogens with one attached hydrogen (secondary N) is 1. The lowest BCUT2D eigenvalue weighted by atomic mass is 10.4. The molecule has 2 heterocycles. The van der Waals surface area contributed by atoms with Gasteiger partial charge in [0.2, 0.25) is 0 Å². The lowest BCUT2D eigenvalue weighted by Crippen LogP contribution is -2.22. The molecule has 0 unspecified atom stereocenters. The summed E-state index contributed by atoms with van der Waals surface area (Å²) in [5.74, 6) is 1.47. The van der Waals surface area contributed by atoms with Gasteiger partial charge in [0, 0.05) is 26.0 Å². The number of nitrogens with zero attached hydrogens (tertiary/aromatic N) is 2. The first kappa shape index (κ1) is 13.5. The number of aromatic nitrogens is 2. The number of carbonyl (C=O) groups excluding carboxylic acids is 1. The van der Waals surface area contributed by atoms with E-state index in [9.17, 15) is 4.79 Å². The summed E-state index contributed by atoms with van der Waals surface area (Å²) in [5.41, 5.74) is 0. The monoisotopic (exact) mass is 277 g/mol. The molecule has 100 valence electrons. The van der Waals surface area contributed by atoms with Crippen LogP contribution in [0, 0.1) is 0 Å². The molecule has 2 rings (SSSR count). The molecule has 6 heteroatoms. The van der Waals surface area contributed by atoms with Gasteiger partial charge in [-0.1, -0.05) is 17.8 Å². The van der Waals surface area contributed by atoms with Gasteiger partial charge in [0.05, 0.1) is 5.75 Å². The molecule has 2 aromatic heterocycles. The maximum atomic E-state index is 11.6. The summed E-state index contributed by atoms with van der Waals surface area (Å²) in [6, 6.07) is 3.48. The van der Waals surface area contributed by atoms with Gasteiger partial charge in [-0.05, 0) is 12.1 Å². The average Bonchev–Trinajstić information content (AvgIpc) is 3.02. The molecule has 2 aromatic rings. The summed E-state index contributed by atoms with van der Waals surface area (Å²) in [6.45, 7) is 3.97. The molecule has 0 aliphatic carbocycles. The topological polar surface area (TPSA) is 60.1 Å². The van der Waals surface area contributed by atoms with Crippen LogP contribution in [0.2, 0.25) is 0 Å². The molecule has 0 saturated heterocycles. The Labute approximate surface area is 115 Å². The predicted molar refractivity (Wildman–Crippen MR) is 74.0 cm³/mol. The lowest BCUT2D eigenvalue weighted by molar-refractivity contribution is 0.0929. The van der Waals surface area contributed by atoms with Crippen LogP contribution >= 0.6 is 11.8 Å². The van der Waals surface area contributed by atoms with Crippen molar-refractivity contribution in [3.63, 3.8) is 0 Å². The van der Waals surface area contributed by atoms with E-state index in [0.717, 1.165) is 10.9 Å². The number of amides is 1. The number of hydrogen-bond donors (Lipinski definition) is 1. The molecule has 1 amide bonds. The molecule has 0 aliphatic rings. The van der Waals surface area contributed by atoms with E-state index >= 15 is 0 Å². The Kier molecular flexibility index (Phi) is 4.46. The fourth-order valence-corrected chi connectivity index (χ4v) is 2.28. The quantitative estimate of drug-likeness (QED) is 0.649. The van der Waals surface area contributed by atoms with Crippen molar-refractivity contribution in [2.75, 3.05) is 6.54 Å². The molecule has 0 fully saturated rings. The van der Waals surface area contributed by atoms with Gasteiger partial charge in [-0.25, -0.2) is 4.98 Å². The highest BCUT2D eigenvalue weighted by Crippen LogP contribution is 2.21. The summed E-state index contributed by atoms with van der Waals surface area (Å²) < 4.78 is 7.41. The second-order valence-electron chi connectivity index (χ2n) is 3.87. The van der Waals surface area contributed by atoms with E-state index in [1.807, 2.05) is 17.8 Å². The predicted octanol–water partition coefficient (Wildman–Crippen LogP) is 2.22. The Hall–Kier alpha value is -1.95. The third-order valence-corrected chi connectivity index (χ3v) is 3.49. The van der Waals surface area contributed by atoms with E-state index in [1.54, 1.807) is 36.2 Å². The number of furan rings is 1. The second kappa shape index (κ2) is 6.29. The summed E-state index contributed by atoms with van der Waals surface area (Å²) in [5, 5.41) is 3.58. The van der Waals surface area contributed by atoms with Gasteiger partial charge in [-0.2, -0.15) is 0 Å². The summed E-state index contributed by atoms with van der Waals surface area (Å²) in [7, 11) is 1.94. The molecule has 0 spiro atoms. The Morgan fingerprint density at radius 3 is 3.16 bits per heavy atom. The van der Waals surface area contributed by atoms with Gasteiger partial charge in [0.25, 0.3) is 5.91 Å². The minimum atomic E-state index is -0.229. The van der Waals surface area contributed by atoms with Crippen molar-refractivity contribution in [3.8, 4) is 0 Å². The normalized spacial score (nSPS) is 10.4. The van der Waals surface area contributed by atoms with Gasteiger partial charge < -0.3 is 14.3 Å². The van der Waals surface area contributed by atoms with Crippen molar-refractivity contribution >= 4 is 17.7 Å². The van der Waals surface area contributed by atoms with Gasteiger partial charge in [-0.3, -0.25) is 4.79 Å².